The summed E-state index contributed by atoms with van der Waals surface area (Å²) >= 11 is 0. The summed E-state index contributed by atoms with van der Waals surface area (Å²) in [6.07, 6.45) is 2.40. The average molecular weight is 251 g/mol. The maximum Gasteiger partial charge on any atom is 0.237 e. The zero-order chi connectivity index (χ0) is 12.8. The molecule has 1 saturated heterocycles. The van der Waals surface area contributed by atoms with Crippen LogP contribution in [0.2, 0.25) is 0 Å². The highest BCUT2D eigenvalue weighted by Gasteiger charge is 2.22. The Hall–Kier alpha value is -1.33. The molecule has 2 N–H and O–H groups in total. The standard InChI is InChI=1S/C13H21N3O2/c1-11(16-8-6-14-7-9-16)13(17)15-5-4-12-3-2-10-18-12/h2-3,10-11,14H,4-9H2,1H3,(H,15,17). The molecule has 0 saturated carbocycles. The van der Waals surface area contributed by atoms with E-state index in [9.17, 15) is 4.79 Å². The molecule has 0 spiro atoms. The molecule has 2 heterocycles. The lowest BCUT2D eigenvalue weighted by atomic mass is 10.2. The lowest BCUT2D eigenvalue weighted by molar-refractivity contribution is -0.126. The van der Waals surface area contributed by atoms with Gasteiger partial charge in [-0.15, -0.1) is 0 Å². The predicted octanol–water partition coefficient (Wildman–Crippen LogP) is 0.232. The number of hydrogen-bond donors (Lipinski definition) is 2. The van der Waals surface area contributed by atoms with Gasteiger partial charge in [-0.05, 0) is 19.1 Å². The summed E-state index contributed by atoms with van der Waals surface area (Å²) in [4.78, 5) is 14.2. The van der Waals surface area contributed by atoms with E-state index < -0.39 is 0 Å². The summed E-state index contributed by atoms with van der Waals surface area (Å²) in [5, 5.41) is 6.24. The Balaban J connectivity index is 1.70. The van der Waals surface area contributed by atoms with Crippen molar-refractivity contribution in [3.05, 3.63) is 24.2 Å². The Morgan fingerprint density at radius 2 is 2.33 bits per heavy atom. The largest absolute Gasteiger partial charge is 0.469 e. The third kappa shape index (κ3) is 3.58. The first-order chi connectivity index (χ1) is 8.77. The first-order valence-corrected chi connectivity index (χ1v) is 6.52. The van der Waals surface area contributed by atoms with E-state index in [1.54, 1.807) is 6.26 Å². The number of hydrogen-bond acceptors (Lipinski definition) is 4. The minimum atomic E-state index is -0.0521. The molecule has 1 aromatic heterocycles. The van der Waals surface area contributed by atoms with E-state index in [0.717, 1.165) is 38.4 Å². The number of piperazine rings is 1. The van der Waals surface area contributed by atoms with Crippen LogP contribution in [0.15, 0.2) is 22.8 Å². The minimum Gasteiger partial charge on any atom is -0.469 e. The van der Waals surface area contributed by atoms with E-state index in [4.69, 9.17) is 4.42 Å². The Bertz CT molecular complexity index is 358. The second kappa shape index (κ2) is 6.56. The molecule has 1 aliphatic heterocycles. The van der Waals surface area contributed by atoms with Crippen molar-refractivity contribution in [2.24, 2.45) is 0 Å². The van der Waals surface area contributed by atoms with Gasteiger partial charge in [0.1, 0.15) is 5.76 Å². The number of carbonyl (C=O) groups excluding carboxylic acids is 1. The fourth-order valence-corrected chi connectivity index (χ4v) is 2.15. The monoisotopic (exact) mass is 251 g/mol. The van der Waals surface area contributed by atoms with Crippen molar-refractivity contribution in [2.45, 2.75) is 19.4 Å². The average Bonchev–Trinajstić information content (AvgIpc) is 2.92. The summed E-state index contributed by atoms with van der Waals surface area (Å²) in [7, 11) is 0. The second-order valence-electron chi connectivity index (χ2n) is 4.58. The van der Waals surface area contributed by atoms with Crippen LogP contribution in [0.5, 0.6) is 0 Å². The van der Waals surface area contributed by atoms with Crippen LogP contribution in [0.3, 0.4) is 0 Å². The summed E-state index contributed by atoms with van der Waals surface area (Å²) in [6, 6.07) is 3.73. The maximum absolute atomic E-state index is 12.0. The van der Waals surface area contributed by atoms with Crippen molar-refractivity contribution in [2.75, 3.05) is 32.7 Å². The smallest absolute Gasteiger partial charge is 0.237 e. The molecular weight excluding hydrogens is 230 g/mol. The third-order valence-corrected chi connectivity index (χ3v) is 3.33. The van der Waals surface area contributed by atoms with Crippen LogP contribution in [-0.2, 0) is 11.2 Å². The van der Waals surface area contributed by atoms with Gasteiger partial charge in [0.05, 0.1) is 12.3 Å². The van der Waals surface area contributed by atoms with Crippen molar-refractivity contribution >= 4 is 5.91 Å². The van der Waals surface area contributed by atoms with E-state index in [0.29, 0.717) is 6.54 Å². The number of amides is 1. The van der Waals surface area contributed by atoms with Crippen LogP contribution in [0, 0.1) is 0 Å². The first-order valence-electron chi connectivity index (χ1n) is 6.52. The second-order valence-corrected chi connectivity index (χ2v) is 4.58. The predicted molar refractivity (Wildman–Crippen MR) is 69.3 cm³/mol. The molecule has 18 heavy (non-hydrogen) atoms. The van der Waals surface area contributed by atoms with Gasteiger partial charge in [0.2, 0.25) is 5.91 Å². The van der Waals surface area contributed by atoms with Gasteiger partial charge >= 0.3 is 0 Å². The van der Waals surface area contributed by atoms with Crippen LogP contribution in [0.25, 0.3) is 0 Å². The van der Waals surface area contributed by atoms with E-state index in [2.05, 4.69) is 15.5 Å². The quantitative estimate of drug-likeness (QED) is 0.786. The molecule has 1 aromatic rings. The zero-order valence-electron chi connectivity index (χ0n) is 10.8. The van der Waals surface area contributed by atoms with E-state index in [1.165, 1.54) is 0 Å². The van der Waals surface area contributed by atoms with E-state index in [-0.39, 0.29) is 11.9 Å². The zero-order valence-corrected chi connectivity index (χ0v) is 10.8. The molecular formula is C13H21N3O2. The Morgan fingerprint density at radius 1 is 1.56 bits per heavy atom. The number of rotatable bonds is 5. The van der Waals surface area contributed by atoms with Gasteiger partial charge in [0.15, 0.2) is 0 Å². The van der Waals surface area contributed by atoms with Crippen LogP contribution in [0.4, 0.5) is 0 Å². The van der Waals surface area contributed by atoms with Gasteiger partial charge in [0.25, 0.3) is 0 Å². The Labute approximate surface area is 108 Å². The van der Waals surface area contributed by atoms with E-state index >= 15 is 0 Å². The molecule has 1 fully saturated rings. The van der Waals surface area contributed by atoms with Gasteiger partial charge in [0, 0.05) is 39.1 Å². The first kappa shape index (κ1) is 13.1. The molecule has 0 radical (unpaired) electrons. The lowest BCUT2D eigenvalue weighted by Gasteiger charge is -2.31. The molecule has 0 aliphatic carbocycles. The number of nitrogens with one attached hydrogen (secondary N) is 2. The fourth-order valence-electron chi connectivity index (χ4n) is 2.15. The van der Waals surface area contributed by atoms with Crippen molar-refractivity contribution in [1.29, 1.82) is 0 Å². The molecule has 1 atom stereocenters. The molecule has 1 aliphatic rings. The Kier molecular flexibility index (Phi) is 4.78. The van der Waals surface area contributed by atoms with Gasteiger partial charge in [-0.25, -0.2) is 0 Å². The van der Waals surface area contributed by atoms with Gasteiger partial charge in [-0.2, -0.15) is 0 Å². The normalized spacial score (nSPS) is 18.5. The number of carbonyl (C=O) groups is 1. The van der Waals surface area contributed by atoms with Crippen molar-refractivity contribution < 1.29 is 9.21 Å². The summed E-state index contributed by atoms with van der Waals surface area (Å²) in [5.41, 5.74) is 0. The summed E-state index contributed by atoms with van der Waals surface area (Å²) in [6.45, 7) is 6.39. The Morgan fingerprint density at radius 3 is 3.00 bits per heavy atom. The van der Waals surface area contributed by atoms with Gasteiger partial charge in [-0.3, -0.25) is 9.69 Å². The lowest BCUT2D eigenvalue weighted by Crippen LogP contribution is -2.52. The molecule has 5 heteroatoms. The van der Waals surface area contributed by atoms with Crippen LogP contribution >= 0.6 is 0 Å². The van der Waals surface area contributed by atoms with Crippen LogP contribution in [-0.4, -0.2) is 49.6 Å². The highest BCUT2D eigenvalue weighted by Crippen LogP contribution is 2.02. The van der Waals surface area contributed by atoms with Crippen molar-refractivity contribution in [3.8, 4) is 0 Å². The fraction of sp³-hybridized carbons (Fsp3) is 0.615. The molecule has 2 rings (SSSR count). The molecule has 1 unspecified atom stereocenters. The molecule has 0 bridgehead atoms. The maximum atomic E-state index is 12.0. The van der Waals surface area contributed by atoms with Crippen LogP contribution in [0.1, 0.15) is 12.7 Å². The molecule has 1 amide bonds. The van der Waals surface area contributed by atoms with Gasteiger partial charge in [-0.1, -0.05) is 0 Å². The number of nitrogens with zero attached hydrogens (tertiary/aromatic N) is 1. The van der Waals surface area contributed by atoms with Crippen molar-refractivity contribution in [1.82, 2.24) is 15.5 Å². The highest BCUT2D eigenvalue weighted by atomic mass is 16.3. The third-order valence-electron chi connectivity index (χ3n) is 3.33. The van der Waals surface area contributed by atoms with E-state index in [1.807, 2.05) is 19.1 Å². The molecule has 0 aromatic carbocycles. The van der Waals surface area contributed by atoms with Crippen LogP contribution < -0.4 is 10.6 Å². The molecule has 100 valence electrons. The highest BCUT2D eigenvalue weighted by molar-refractivity contribution is 5.81. The van der Waals surface area contributed by atoms with Gasteiger partial charge < -0.3 is 15.1 Å². The summed E-state index contributed by atoms with van der Waals surface area (Å²) < 4.78 is 5.22. The minimum absolute atomic E-state index is 0.0521. The van der Waals surface area contributed by atoms with Crippen molar-refractivity contribution in [3.63, 3.8) is 0 Å². The topological polar surface area (TPSA) is 57.5 Å². The number of furan rings is 1. The summed E-state index contributed by atoms with van der Waals surface area (Å²) in [5.74, 6) is 1.01. The molecule has 5 nitrogen and oxygen atoms in total. The SMILES string of the molecule is CC(C(=O)NCCc1ccco1)N1CCNCC1.